The summed E-state index contributed by atoms with van der Waals surface area (Å²) in [4.78, 5) is 18.9. The Hall–Kier alpha value is -2.93. The summed E-state index contributed by atoms with van der Waals surface area (Å²) < 4.78 is 1.65. The number of aromatic nitrogens is 3. The van der Waals surface area contributed by atoms with Crippen LogP contribution >= 0.6 is 11.8 Å². The van der Waals surface area contributed by atoms with E-state index in [2.05, 4.69) is 10.1 Å². The van der Waals surface area contributed by atoms with Gasteiger partial charge in [-0.3, -0.25) is 4.79 Å². The molecule has 2 aromatic carbocycles. The van der Waals surface area contributed by atoms with Gasteiger partial charge >= 0.3 is 0 Å². The van der Waals surface area contributed by atoms with Gasteiger partial charge in [-0.2, -0.15) is 0 Å². The van der Waals surface area contributed by atoms with Crippen molar-refractivity contribution >= 4 is 23.4 Å². The molecule has 0 fully saturated rings. The van der Waals surface area contributed by atoms with Gasteiger partial charge in [-0.1, -0.05) is 53.2 Å². The van der Waals surface area contributed by atoms with Crippen LogP contribution in [0.15, 0.2) is 53.7 Å². The lowest BCUT2D eigenvalue weighted by atomic mass is 10.0. The van der Waals surface area contributed by atoms with Crippen molar-refractivity contribution in [2.24, 2.45) is 0 Å². The summed E-state index contributed by atoms with van der Waals surface area (Å²) in [5.41, 5.74) is 3.79. The Morgan fingerprint density at radius 1 is 1.21 bits per heavy atom. The number of benzene rings is 2. The highest BCUT2D eigenvalue weighted by atomic mass is 32.2. The van der Waals surface area contributed by atoms with E-state index in [0.717, 1.165) is 11.1 Å². The van der Waals surface area contributed by atoms with Crippen molar-refractivity contribution < 1.29 is 14.6 Å². The van der Waals surface area contributed by atoms with E-state index in [4.69, 9.17) is 0 Å². The highest BCUT2D eigenvalue weighted by Crippen LogP contribution is 2.40. The monoisotopic (exact) mass is 392 g/mol. The fourth-order valence-corrected chi connectivity index (χ4v) is 3.84. The van der Waals surface area contributed by atoms with Crippen LogP contribution in [0, 0.1) is 6.92 Å². The molecule has 1 unspecified atom stereocenters. The SMILES string of the molecule is CCC(=O)N1c2ccccc2-c2c([O-])nc(SC)n[n+]2C1c1ccc(C)cc1. The number of hydrogen-bond donors (Lipinski definition) is 0. The third kappa shape index (κ3) is 2.92. The Balaban J connectivity index is 2.06. The van der Waals surface area contributed by atoms with Crippen LogP contribution in [0.5, 0.6) is 5.88 Å². The second-order valence-corrected chi connectivity index (χ2v) is 7.39. The van der Waals surface area contributed by atoms with Gasteiger partial charge in [0.1, 0.15) is 0 Å². The number of fused-ring (bicyclic) bond motifs is 3. The number of para-hydroxylation sites is 1. The number of hydrogen-bond acceptors (Lipinski definition) is 5. The zero-order chi connectivity index (χ0) is 19.8. The van der Waals surface area contributed by atoms with Gasteiger partial charge in [0.2, 0.25) is 5.91 Å². The zero-order valence-electron chi connectivity index (χ0n) is 15.9. The predicted octanol–water partition coefficient (Wildman–Crippen LogP) is 2.84. The first-order valence-electron chi connectivity index (χ1n) is 9.08. The van der Waals surface area contributed by atoms with E-state index in [1.54, 1.807) is 9.58 Å². The van der Waals surface area contributed by atoms with Gasteiger partial charge in [-0.05, 0) is 37.4 Å². The molecule has 2 heterocycles. The zero-order valence-corrected chi connectivity index (χ0v) is 16.7. The Kier molecular flexibility index (Phi) is 4.77. The topological polar surface area (TPSA) is 73.0 Å². The van der Waals surface area contributed by atoms with Crippen LogP contribution in [0.3, 0.4) is 0 Å². The minimum atomic E-state index is -0.542. The fourth-order valence-electron chi connectivity index (χ4n) is 3.50. The maximum atomic E-state index is 13.0. The van der Waals surface area contributed by atoms with Gasteiger partial charge in [0, 0.05) is 17.1 Å². The molecular weight excluding hydrogens is 372 g/mol. The molecule has 1 atom stereocenters. The maximum Gasteiger partial charge on any atom is 0.293 e. The molecule has 6 nitrogen and oxygen atoms in total. The molecule has 3 aromatic rings. The molecule has 0 saturated heterocycles. The van der Waals surface area contributed by atoms with Gasteiger partial charge in [0.25, 0.3) is 17.0 Å². The molecule has 1 amide bonds. The van der Waals surface area contributed by atoms with Gasteiger partial charge in [0.15, 0.2) is 0 Å². The molecule has 0 bridgehead atoms. The van der Waals surface area contributed by atoms with Gasteiger partial charge in [-0.25, -0.2) is 9.88 Å². The van der Waals surface area contributed by atoms with E-state index in [9.17, 15) is 9.90 Å². The van der Waals surface area contributed by atoms with Crippen LogP contribution in [0.4, 0.5) is 5.69 Å². The molecule has 7 heteroatoms. The van der Waals surface area contributed by atoms with Crippen molar-refractivity contribution in [2.75, 3.05) is 11.2 Å². The molecule has 0 N–H and O–H groups in total. The van der Waals surface area contributed by atoms with E-state index < -0.39 is 6.17 Å². The van der Waals surface area contributed by atoms with Gasteiger partial charge in [0.05, 0.1) is 17.1 Å². The van der Waals surface area contributed by atoms with Crippen molar-refractivity contribution in [1.29, 1.82) is 0 Å². The Bertz CT molecular complexity index is 1050. The number of aryl methyl sites for hydroxylation is 1. The minimum absolute atomic E-state index is 0.0343. The van der Waals surface area contributed by atoms with Crippen LogP contribution < -0.4 is 14.7 Å². The van der Waals surface area contributed by atoms with Crippen molar-refractivity contribution in [3.05, 3.63) is 59.7 Å². The van der Waals surface area contributed by atoms with Crippen molar-refractivity contribution in [2.45, 2.75) is 31.6 Å². The third-order valence-corrected chi connectivity index (χ3v) is 5.38. The van der Waals surface area contributed by atoms with Crippen molar-refractivity contribution in [3.8, 4) is 17.1 Å². The summed E-state index contributed by atoms with van der Waals surface area (Å²) in [6, 6.07) is 15.4. The average molecular weight is 392 g/mol. The van der Waals surface area contributed by atoms with Crippen molar-refractivity contribution in [1.82, 2.24) is 10.1 Å². The smallest absolute Gasteiger partial charge is 0.293 e. The number of anilines is 1. The number of amides is 1. The summed E-state index contributed by atoms with van der Waals surface area (Å²) in [7, 11) is 0. The Morgan fingerprint density at radius 2 is 1.93 bits per heavy atom. The highest BCUT2D eigenvalue weighted by Gasteiger charge is 2.44. The number of nitrogens with zero attached hydrogens (tertiary/aromatic N) is 4. The third-order valence-electron chi connectivity index (χ3n) is 4.85. The summed E-state index contributed by atoms with van der Waals surface area (Å²) in [6.45, 7) is 3.85. The highest BCUT2D eigenvalue weighted by molar-refractivity contribution is 7.98. The molecular formula is C21H20N4O2S. The quantitative estimate of drug-likeness (QED) is 0.506. The number of carbonyl (C=O) groups excluding carboxylic acids is 1. The van der Waals surface area contributed by atoms with E-state index in [0.29, 0.717) is 28.5 Å². The molecule has 1 aromatic heterocycles. The fraction of sp³-hybridized carbons (Fsp3) is 0.238. The number of carbonyl (C=O) groups is 1. The first-order chi connectivity index (χ1) is 13.5. The van der Waals surface area contributed by atoms with Crippen LogP contribution in [-0.4, -0.2) is 22.2 Å². The summed E-state index contributed by atoms with van der Waals surface area (Å²) in [5.74, 6) is -0.375. The van der Waals surface area contributed by atoms with E-state index in [1.165, 1.54) is 11.8 Å². The van der Waals surface area contributed by atoms with E-state index in [-0.39, 0.29) is 11.8 Å². The Morgan fingerprint density at radius 3 is 2.61 bits per heavy atom. The lowest BCUT2D eigenvalue weighted by Crippen LogP contribution is -2.59. The summed E-state index contributed by atoms with van der Waals surface area (Å²) in [6.07, 6.45) is 1.63. The Labute approximate surface area is 167 Å². The molecule has 1 aliphatic heterocycles. The first kappa shape index (κ1) is 18.4. The summed E-state index contributed by atoms with van der Waals surface area (Å²) in [5, 5.41) is 17.9. The van der Waals surface area contributed by atoms with Gasteiger partial charge in [-0.15, -0.1) is 0 Å². The molecule has 4 rings (SSSR count). The predicted molar refractivity (Wildman–Crippen MR) is 106 cm³/mol. The van der Waals surface area contributed by atoms with Crippen LogP contribution in [0.1, 0.15) is 30.6 Å². The van der Waals surface area contributed by atoms with Crippen LogP contribution in [-0.2, 0) is 4.79 Å². The summed E-state index contributed by atoms with van der Waals surface area (Å²) >= 11 is 1.31. The van der Waals surface area contributed by atoms with Crippen molar-refractivity contribution in [3.63, 3.8) is 0 Å². The second kappa shape index (κ2) is 7.24. The molecule has 0 spiro atoms. The first-order valence-corrected chi connectivity index (χ1v) is 10.3. The standard InChI is InChI=1S/C21H20N4O2S/c1-4-17(26)24-16-8-6-5-7-15(16)18-19(27)22-21(28-3)23-25(18)20(24)14-11-9-13(2)10-12-14/h5-12,20H,4H2,1-3H3. The molecule has 0 aliphatic carbocycles. The average Bonchev–Trinajstić information content (AvgIpc) is 2.72. The van der Waals surface area contributed by atoms with E-state index in [1.807, 2.05) is 68.6 Å². The number of rotatable bonds is 3. The lowest BCUT2D eigenvalue weighted by molar-refractivity contribution is -0.764. The normalized spacial score (nSPS) is 15.1. The second-order valence-electron chi connectivity index (χ2n) is 6.62. The van der Waals surface area contributed by atoms with Gasteiger partial charge < -0.3 is 5.11 Å². The maximum absolute atomic E-state index is 13.0. The molecule has 1 aliphatic rings. The largest absolute Gasteiger partial charge is 0.854 e. The molecule has 28 heavy (non-hydrogen) atoms. The van der Waals surface area contributed by atoms with E-state index >= 15 is 0 Å². The van der Waals surface area contributed by atoms with Crippen LogP contribution in [0.2, 0.25) is 0 Å². The number of thioether (sulfide) groups is 1. The molecule has 142 valence electrons. The molecule has 0 radical (unpaired) electrons. The van der Waals surface area contributed by atoms with Crippen LogP contribution in [0.25, 0.3) is 11.3 Å². The minimum Gasteiger partial charge on any atom is -0.854 e. The lowest BCUT2D eigenvalue weighted by Gasteiger charge is -2.33. The molecule has 0 saturated carbocycles.